The highest BCUT2D eigenvalue weighted by molar-refractivity contribution is 5.62. The normalized spacial score (nSPS) is 11.8. The van der Waals surface area contributed by atoms with Crippen LogP contribution in [0.5, 0.6) is 0 Å². The largest absolute Gasteiger partial charge is 0.399 e. The molecule has 1 heterocycles. The molecule has 18 heavy (non-hydrogen) atoms. The lowest BCUT2D eigenvalue weighted by Crippen LogP contribution is -2.13. The van der Waals surface area contributed by atoms with Crippen LogP contribution in [0.4, 0.5) is 10.1 Å². The quantitative estimate of drug-likeness (QED) is 0.789. The number of hydrogen-bond donors (Lipinski definition) is 1. The van der Waals surface area contributed by atoms with Gasteiger partial charge < -0.3 is 5.73 Å². The van der Waals surface area contributed by atoms with Crippen LogP contribution in [0.25, 0.3) is 11.4 Å². The summed E-state index contributed by atoms with van der Waals surface area (Å²) in [5.41, 5.74) is 6.39. The zero-order chi connectivity index (χ0) is 13.5. The fraction of sp³-hybridized carbons (Fsp3) is 0.385. The van der Waals surface area contributed by atoms with Crippen molar-refractivity contribution in [3.05, 3.63) is 29.8 Å². The van der Waals surface area contributed by atoms with Crippen molar-refractivity contribution < 1.29 is 4.39 Å². The van der Waals surface area contributed by atoms with Crippen molar-refractivity contribution in [1.82, 2.24) is 14.8 Å². The molecule has 0 saturated carbocycles. The van der Waals surface area contributed by atoms with Crippen molar-refractivity contribution in [3.63, 3.8) is 0 Å². The van der Waals surface area contributed by atoms with Gasteiger partial charge in [0.15, 0.2) is 11.6 Å². The maximum absolute atomic E-state index is 13.8. The summed E-state index contributed by atoms with van der Waals surface area (Å²) in [6.07, 6.45) is 0. The Bertz CT molecular complexity index is 581. The summed E-state index contributed by atoms with van der Waals surface area (Å²) in [7, 11) is 1.75. The third-order valence-corrected chi connectivity index (χ3v) is 2.67. The van der Waals surface area contributed by atoms with Crippen molar-refractivity contribution in [2.75, 3.05) is 5.73 Å². The lowest BCUT2D eigenvalue weighted by Gasteiger charge is -2.12. The third-order valence-electron chi connectivity index (χ3n) is 2.67. The Morgan fingerprint density at radius 3 is 2.50 bits per heavy atom. The molecule has 4 nitrogen and oxygen atoms in total. The van der Waals surface area contributed by atoms with Crippen LogP contribution in [0.1, 0.15) is 26.6 Å². The van der Waals surface area contributed by atoms with Crippen molar-refractivity contribution in [2.24, 2.45) is 7.05 Å². The number of anilines is 1. The van der Waals surface area contributed by atoms with E-state index in [1.165, 1.54) is 12.1 Å². The summed E-state index contributed by atoms with van der Waals surface area (Å²) in [4.78, 5) is 4.41. The summed E-state index contributed by atoms with van der Waals surface area (Å²) < 4.78 is 15.4. The van der Waals surface area contributed by atoms with Crippen LogP contribution in [0, 0.1) is 5.82 Å². The maximum Gasteiger partial charge on any atom is 0.161 e. The first kappa shape index (κ1) is 12.5. The molecule has 0 spiro atoms. The molecule has 0 atom stereocenters. The van der Waals surface area contributed by atoms with E-state index >= 15 is 0 Å². The molecule has 0 amide bonds. The van der Waals surface area contributed by atoms with Crippen LogP contribution in [0.15, 0.2) is 18.2 Å². The predicted octanol–water partition coefficient (Wildman–Crippen LogP) is 2.50. The summed E-state index contributed by atoms with van der Waals surface area (Å²) in [6.45, 7) is 6.05. The van der Waals surface area contributed by atoms with Crippen LogP contribution in [0.2, 0.25) is 0 Å². The molecule has 2 rings (SSSR count). The highest BCUT2D eigenvalue weighted by Gasteiger charge is 2.22. The fourth-order valence-electron chi connectivity index (χ4n) is 1.65. The van der Waals surface area contributed by atoms with E-state index in [4.69, 9.17) is 5.73 Å². The molecule has 0 aliphatic carbocycles. The number of nitrogens with two attached hydrogens (primary N) is 1. The molecule has 0 aliphatic rings. The van der Waals surface area contributed by atoms with Gasteiger partial charge in [0, 0.05) is 18.2 Å². The smallest absolute Gasteiger partial charge is 0.161 e. The van der Waals surface area contributed by atoms with E-state index in [1.807, 2.05) is 20.8 Å². The third kappa shape index (κ3) is 2.20. The van der Waals surface area contributed by atoms with Gasteiger partial charge in [0.25, 0.3) is 0 Å². The SMILES string of the molecule is Cn1nc(C(C)(C)C)nc1-c1cc(N)ccc1F. The van der Waals surface area contributed by atoms with E-state index < -0.39 is 0 Å². The number of aryl methyl sites for hydroxylation is 1. The Morgan fingerprint density at radius 2 is 1.94 bits per heavy atom. The van der Waals surface area contributed by atoms with E-state index in [0.717, 1.165) is 0 Å². The van der Waals surface area contributed by atoms with Gasteiger partial charge in [-0.15, -0.1) is 0 Å². The standard InChI is InChI=1S/C13H17FN4/c1-13(2,3)12-16-11(18(4)17-12)9-7-8(15)5-6-10(9)14/h5-7H,15H2,1-4H3. The second-order valence-corrected chi connectivity index (χ2v) is 5.37. The minimum Gasteiger partial charge on any atom is -0.399 e. The first-order valence-electron chi connectivity index (χ1n) is 5.76. The number of rotatable bonds is 1. The van der Waals surface area contributed by atoms with Gasteiger partial charge in [0.05, 0.1) is 5.56 Å². The topological polar surface area (TPSA) is 56.7 Å². The molecular weight excluding hydrogens is 231 g/mol. The van der Waals surface area contributed by atoms with E-state index in [-0.39, 0.29) is 11.2 Å². The number of halogens is 1. The van der Waals surface area contributed by atoms with Crippen LogP contribution in [0.3, 0.4) is 0 Å². The number of nitrogen functional groups attached to an aromatic ring is 1. The van der Waals surface area contributed by atoms with Crippen molar-refractivity contribution >= 4 is 5.69 Å². The minimum absolute atomic E-state index is 0.174. The van der Waals surface area contributed by atoms with Crippen molar-refractivity contribution in [1.29, 1.82) is 0 Å². The van der Waals surface area contributed by atoms with Crippen molar-refractivity contribution in [2.45, 2.75) is 26.2 Å². The molecule has 0 radical (unpaired) electrons. The van der Waals surface area contributed by atoms with Gasteiger partial charge in [-0.25, -0.2) is 14.1 Å². The van der Waals surface area contributed by atoms with E-state index in [1.54, 1.807) is 17.8 Å². The van der Waals surface area contributed by atoms with E-state index in [9.17, 15) is 4.39 Å². The maximum atomic E-state index is 13.8. The summed E-state index contributed by atoms with van der Waals surface area (Å²) in [6, 6.07) is 4.45. The fourth-order valence-corrected chi connectivity index (χ4v) is 1.65. The second-order valence-electron chi connectivity index (χ2n) is 5.37. The Labute approximate surface area is 106 Å². The molecule has 0 aliphatic heterocycles. The average Bonchev–Trinajstić information content (AvgIpc) is 2.64. The van der Waals surface area contributed by atoms with E-state index in [0.29, 0.717) is 22.9 Å². The number of nitrogens with zero attached hydrogens (tertiary/aromatic N) is 3. The molecule has 0 unspecified atom stereocenters. The average molecular weight is 248 g/mol. The molecule has 1 aromatic carbocycles. The van der Waals surface area contributed by atoms with Crippen LogP contribution in [-0.4, -0.2) is 14.8 Å². The highest BCUT2D eigenvalue weighted by atomic mass is 19.1. The molecule has 2 aromatic rings. The molecule has 0 saturated heterocycles. The molecule has 2 N–H and O–H groups in total. The number of aromatic nitrogens is 3. The monoisotopic (exact) mass is 248 g/mol. The zero-order valence-electron chi connectivity index (χ0n) is 11.0. The number of benzene rings is 1. The van der Waals surface area contributed by atoms with Gasteiger partial charge in [-0.05, 0) is 18.2 Å². The van der Waals surface area contributed by atoms with Crippen LogP contribution >= 0.6 is 0 Å². The van der Waals surface area contributed by atoms with Crippen LogP contribution in [-0.2, 0) is 12.5 Å². The highest BCUT2D eigenvalue weighted by Crippen LogP contribution is 2.26. The molecular formula is C13H17FN4. The van der Waals surface area contributed by atoms with Crippen LogP contribution < -0.4 is 5.73 Å². The lowest BCUT2D eigenvalue weighted by molar-refractivity contribution is 0.538. The predicted molar refractivity (Wildman–Crippen MR) is 69.5 cm³/mol. The Balaban J connectivity index is 2.58. The van der Waals surface area contributed by atoms with Gasteiger partial charge in [-0.2, -0.15) is 5.10 Å². The van der Waals surface area contributed by atoms with Crippen molar-refractivity contribution in [3.8, 4) is 11.4 Å². The van der Waals surface area contributed by atoms with Gasteiger partial charge in [0.1, 0.15) is 5.82 Å². The summed E-state index contributed by atoms with van der Waals surface area (Å²) >= 11 is 0. The second kappa shape index (κ2) is 4.08. The molecule has 96 valence electrons. The van der Waals surface area contributed by atoms with E-state index in [2.05, 4.69) is 10.1 Å². The summed E-state index contributed by atoms with van der Waals surface area (Å²) in [5.74, 6) is 0.826. The molecule has 0 bridgehead atoms. The zero-order valence-corrected chi connectivity index (χ0v) is 11.0. The Hall–Kier alpha value is -1.91. The first-order chi connectivity index (χ1) is 8.29. The Morgan fingerprint density at radius 1 is 1.28 bits per heavy atom. The first-order valence-corrected chi connectivity index (χ1v) is 5.76. The lowest BCUT2D eigenvalue weighted by atomic mass is 9.96. The van der Waals surface area contributed by atoms with Gasteiger partial charge in [-0.1, -0.05) is 20.8 Å². The summed E-state index contributed by atoms with van der Waals surface area (Å²) in [5, 5.41) is 4.33. The minimum atomic E-state index is -0.347. The van der Waals surface area contributed by atoms with Gasteiger partial charge in [-0.3, -0.25) is 0 Å². The van der Waals surface area contributed by atoms with Gasteiger partial charge in [0.2, 0.25) is 0 Å². The molecule has 0 fully saturated rings. The number of hydrogen-bond acceptors (Lipinski definition) is 3. The Kier molecular flexibility index (Phi) is 2.84. The molecule has 5 heteroatoms. The van der Waals surface area contributed by atoms with Gasteiger partial charge >= 0.3 is 0 Å². The molecule has 1 aromatic heterocycles.